The number of anilines is 1. The van der Waals surface area contributed by atoms with Crippen molar-refractivity contribution in [3.63, 3.8) is 0 Å². The molecule has 2 rings (SSSR count). The van der Waals surface area contributed by atoms with Crippen molar-refractivity contribution in [3.05, 3.63) is 45.9 Å². The molecule has 2 aromatic rings. The average molecular weight is 299 g/mol. The van der Waals surface area contributed by atoms with Gasteiger partial charge in [0.2, 0.25) is 0 Å². The third kappa shape index (κ3) is 3.45. The van der Waals surface area contributed by atoms with Crippen LogP contribution in [0.5, 0.6) is 0 Å². The number of aromatic nitrogens is 1. The molecule has 0 saturated heterocycles. The summed E-state index contributed by atoms with van der Waals surface area (Å²) in [5.74, 6) is -1.41. The summed E-state index contributed by atoms with van der Waals surface area (Å²) in [5.41, 5.74) is 7.94. The van der Waals surface area contributed by atoms with Gasteiger partial charge in [-0.25, -0.2) is 13.8 Å². The first-order valence-electron chi connectivity index (χ1n) is 5.47. The van der Waals surface area contributed by atoms with Crippen LogP contribution in [0.25, 0.3) is 0 Å². The molecule has 0 aliphatic heterocycles. The normalized spacial score (nSPS) is 10.4. The van der Waals surface area contributed by atoms with Gasteiger partial charge in [-0.15, -0.1) is 11.3 Å². The minimum atomic E-state index is -0.707. The van der Waals surface area contributed by atoms with Crippen LogP contribution < -0.4 is 11.1 Å². The molecule has 3 N–H and O–H groups in total. The Kier molecular flexibility index (Phi) is 4.39. The van der Waals surface area contributed by atoms with E-state index in [1.165, 1.54) is 11.3 Å². The quantitative estimate of drug-likeness (QED) is 0.834. The fourth-order valence-electron chi connectivity index (χ4n) is 1.56. The van der Waals surface area contributed by atoms with Gasteiger partial charge < -0.3 is 11.1 Å². The molecule has 0 fully saturated rings. The van der Waals surface area contributed by atoms with Gasteiger partial charge in [0.15, 0.2) is 0 Å². The molecule has 0 aliphatic rings. The van der Waals surface area contributed by atoms with Gasteiger partial charge >= 0.3 is 0 Å². The third-order valence-electron chi connectivity index (χ3n) is 2.49. The van der Waals surface area contributed by atoms with Crippen molar-refractivity contribution in [3.8, 4) is 0 Å². The predicted octanol–water partition coefficient (Wildman–Crippen LogP) is 2.71. The summed E-state index contributed by atoms with van der Waals surface area (Å²) in [4.78, 5) is 4.05. The van der Waals surface area contributed by atoms with Crippen molar-refractivity contribution in [1.29, 1.82) is 0 Å². The smallest absolute Gasteiger partial charge is 0.150 e. The molecule has 0 aliphatic carbocycles. The molecule has 100 valence electrons. The summed E-state index contributed by atoms with van der Waals surface area (Å²) >= 11 is 6.17. The maximum atomic E-state index is 13.7. The lowest BCUT2D eigenvalue weighted by Gasteiger charge is -2.09. The van der Waals surface area contributed by atoms with Gasteiger partial charge in [-0.2, -0.15) is 0 Å². The van der Waals surface area contributed by atoms with Crippen molar-refractivity contribution in [1.82, 2.24) is 4.98 Å². The largest absolute Gasteiger partial charge is 0.389 e. The maximum Gasteiger partial charge on any atom is 0.150 e. The highest BCUT2D eigenvalue weighted by molar-refractivity contribution is 7.80. The molecule has 0 unspecified atom stereocenters. The van der Waals surface area contributed by atoms with E-state index in [1.807, 2.05) is 5.38 Å². The average Bonchev–Trinajstić information content (AvgIpc) is 2.85. The van der Waals surface area contributed by atoms with Crippen LogP contribution in [0.1, 0.15) is 11.3 Å². The highest BCUT2D eigenvalue weighted by Gasteiger charge is 2.12. The van der Waals surface area contributed by atoms with Crippen molar-refractivity contribution in [2.75, 3.05) is 11.9 Å². The van der Waals surface area contributed by atoms with Crippen LogP contribution in [-0.2, 0) is 6.42 Å². The second-order valence-electron chi connectivity index (χ2n) is 3.84. The zero-order valence-electron chi connectivity index (χ0n) is 9.82. The highest BCUT2D eigenvalue weighted by Crippen LogP contribution is 2.20. The van der Waals surface area contributed by atoms with Crippen molar-refractivity contribution in [2.24, 2.45) is 5.73 Å². The van der Waals surface area contributed by atoms with Gasteiger partial charge in [0, 0.05) is 23.9 Å². The Hall–Kier alpha value is -1.60. The maximum absolute atomic E-state index is 13.7. The number of hydrogen-bond acceptors (Lipinski definition) is 4. The van der Waals surface area contributed by atoms with E-state index in [0.29, 0.717) is 13.0 Å². The number of hydrogen-bond donors (Lipinski definition) is 2. The number of halogens is 2. The molecule has 0 spiro atoms. The van der Waals surface area contributed by atoms with E-state index in [0.717, 1.165) is 17.8 Å². The van der Waals surface area contributed by atoms with Gasteiger partial charge in [-0.05, 0) is 12.1 Å². The van der Waals surface area contributed by atoms with E-state index in [4.69, 9.17) is 5.73 Å². The molecule has 3 nitrogen and oxygen atoms in total. The Morgan fingerprint density at radius 1 is 1.37 bits per heavy atom. The van der Waals surface area contributed by atoms with Crippen LogP contribution in [0.2, 0.25) is 0 Å². The van der Waals surface area contributed by atoms with Crippen LogP contribution in [0.3, 0.4) is 0 Å². The van der Waals surface area contributed by atoms with Crippen LogP contribution in [0, 0.1) is 11.6 Å². The number of thiazole rings is 1. The van der Waals surface area contributed by atoms with E-state index >= 15 is 0 Å². The summed E-state index contributed by atoms with van der Waals surface area (Å²) < 4.78 is 27.4. The van der Waals surface area contributed by atoms with Crippen LogP contribution in [-0.4, -0.2) is 16.5 Å². The Bertz CT molecular complexity index is 562. The number of nitrogens with zero attached hydrogens (tertiary/aromatic N) is 1. The summed E-state index contributed by atoms with van der Waals surface area (Å²) in [6, 6.07) is 2.24. The first-order valence-corrected chi connectivity index (χ1v) is 6.83. The zero-order chi connectivity index (χ0) is 13.8. The molecule has 0 saturated carbocycles. The summed E-state index contributed by atoms with van der Waals surface area (Å²) in [6.07, 6.45) is 0.597. The number of rotatable bonds is 5. The van der Waals surface area contributed by atoms with E-state index in [1.54, 1.807) is 5.51 Å². The first-order chi connectivity index (χ1) is 9.08. The van der Waals surface area contributed by atoms with Crippen molar-refractivity contribution >= 4 is 34.2 Å². The molecule has 7 heteroatoms. The molecular formula is C12H11F2N3S2. The third-order valence-corrected chi connectivity index (χ3v) is 3.36. The van der Waals surface area contributed by atoms with Crippen LogP contribution in [0.4, 0.5) is 14.5 Å². The lowest BCUT2D eigenvalue weighted by Crippen LogP contribution is -2.13. The zero-order valence-corrected chi connectivity index (χ0v) is 11.5. The van der Waals surface area contributed by atoms with Gasteiger partial charge in [0.25, 0.3) is 0 Å². The monoisotopic (exact) mass is 299 g/mol. The Labute approximate surface area is 118 Å². The lowest BCUT2D eigenvalue weighted by molar-refractivity contribution is 0.587. The molecule has 0 radical (unpaired) electrons. The molecule has 1 heterocycles. The minimum Gasteiger partial charge on any atom is -0.389 e. The number of nitrogens with one attached hydrogen (secondary N) is 1. The van der Waals surface area contributed by atoms with E-state index in [-0.39, 0.29) is 16.2 Å². The number of thiocarbonyl (C=S) groups is 1. The van der Waals surface area contributed by atoms with E-state index in [2.05, 4.69) is 22.5 Å². The molecular weight excluding hydrogens is 288 g/mol. The Morgan fingerprint density at radius 3 is 2.58 bits per heavy atom. The van der Waals surface area contributed by atoms with Gasteiger partial charge in [-0.1, -0.05) is 12.2 Å². The fourth-order valence-corrected chi connectivity index (χ4v) is 2.27. The second kappa shape index (κ2) is 6.03. The molecule has 19 heavy (non-hydrogen) atoms. The molecule has 0 atom stereocenters. The standard InChI is InChI=1S/C12H11F2N3S2/c13-9-3-7(12(15)18)4-10(14)11(9)16-2-1-8-5-19-6-17-8/h3-6,16H,1-2H2,(H2,15,18). The van der Waals surface area contributed by atoms with Crippen molar-refractivity contribution in [2.45, 2.75) is 6.42 Å². The highest BCUT2D eigenvalue weighted by atomic mass is 32.1. The topological polar surface area (TPSA) is 50.9 Å². The molecule has 0 amide bonds. The SMILES string of the molecule is NC(=S)c1cc(F)c(NCCc2cscn2)c(F)c1. The van der Waals surface area contributed by atoms with Crippen LogP contribution in [0.15, 0.2) is 23.0 Å². The first kappa shape index (κ1) is 13.8. The Balaban J connectivity index is 2.06. The molecule has 1 aromatic carbocycles. The fraction of sp³-hybridized carbons (Fsp3) is 0.167. The van der Waals surface area contributed by atoms with Gasteiger partial charge in [0.1, 0.15) is 22.3 Å². The molecule has 1 aromatic heterocycles. The number of nitrogens with two attached hydrogens (primary N) is 1. The summed E-state index contributed by atoms with van der Waals surface area (Å²) in [6.45, 7) is 0.393. The van der Waals surface area contributed by atoms with Gasteiger partial charge in [0.05, 0.1) is 11.2 Å². The minimum absolute atomic E-state index is 0.0353. The van der Waals surface area contributed by atoms with E-state index < -0.39 is 11.6 Å². The van der Waals surface area contributed by atoms with Crippen LogP contribution >= 0.6 is 23.6 Å². The predicted molar refractivity (Wildman–Crippen MR) is 76.6 cm³/mol. The van der Waals surface area contributed by atoms with Crippen molar-refractivity contribution < 1.29 is 8.78 Å². The van der Waals surface area contributed by atoms with E-state index in [9.17, 15) is 8.78 Å². The van der Waals surface area contributed by atoms with Gasteiger partial charge in [-0.3, -0.25) is 0 Å². The Morgan fingerprint density at radius 2 is 2.05 bits per heavy atom. The second-order valence-corrected chi connectivity index (χ2v) is 4.99. The number of benzene rings is 1. The molecule has 0 bridgehead atoms. The summed E-state index contributed by atoms with van der Waals surface area (Å²) in [7, 11) is 0. The lowest BCUT2D eigenvalue weighted by atomic mass is 10.2. The summed E-state index contributed by atoms with van der Waals surface area (Å²) in [5, 5.41) is 4.61.